The molecule has 0 spiro atoms. The summed E-state index contributed by atoms with van der Waals surface area (Å²) >= 11 is 0. The zero-order valence-corrected chi connectivity index (χ0v) is 14.8. The molecular formula is C18H38N2. The van der Waals surface area contributed by atoms with Gasteiger partial charge in [-0.25, -0.2) is 0 Å². The molecule has 20 heavy (non-hydrogen) atoms. The van der Waals surface area contributed by atoms with Gasteiger partial charge in [-0.3, -0.25) is 4.90 Å². The Labute approximate surface area is 127 Å². The van der Waals surface area contributed by atoms with E-state index in [-0.39, 0.29) is 5.54 Å². The standard InChI is InChI=1S/C18H38N2/c1-7-18(8-2,20(9-3)10-4)17(19)16-12-11-14(5)15(6)13-16/h14-17H,7-13,19H2,1-6H3. The first-order valence-corrected chi connectivity index (χ1v) is 8.97. The fourth-order valence-electron chi connectivity index (χ4n) is 4.59. The summed E-state index contributed by atoms with van der Waals surface area (Å²) in [5, 5.41) is 0. The van der Waals surface area contributed by atoms with Crippen LogP contribution in [-0.4, -0.2) is 29.6 Å². The second-order valence-corrected chi connectivity index (χ2v) is 7.04. The second-order valence-electron chi connectivity index (χ2n) is 7.04. The molecule has 0 aliphatic heterocycles. The fraction of sp³-hybridized carbons (Fsp3) is 1.00. The van der Waals surface area contributed by atoms with Crippen molar-refractivity contribution in [2.75, 3.05) is 13.1 Å². The summed E-state index contributed by atoms with van der Waals surface area (Å²) in [4.78, 5) is 2.63. The number of rotatable bonds is 7. The van der Waals surface area contributed by atoms with Crippen LogP contribution in [0.2, 0.25) is 0 Å². The highest BCUT2D eigenvalue weighted by Crippen LogP contribution is 2.40. The molecule has 2 N–H and O–H groups in total. The lowest BCUT2D eigenvalue weighted by Crippen LogP contribution is -2.62. The molecule has 0 heterocycles. The van der Waals surface area contributed by atoms with Crippen molar-refractivity contribution >= 4 is 0 Å². The van der Waals surface area contributed by atoms with E-state index in [0.29, 0.717) is 12.0 Å². The van der Waals surface area contributed by atoms with Crippen LogP contribution >= 0.6 is 0 Å². The van der Waals surface area contributed by atoms with Crippen LogP contribution in [0, 0.1) is 17.8 Å². The monoisotopic (exact) mass is 282 g/mol. The van der Waals surface area contributed by atoms with Gasteiger partial charge in [0, 0.05) is 11.6 Å². The van der Waals surface area contributed by atoms with Crippen LogP contribution in [0.1, 0.15) is 73.6 Å². The molecule has 2 nitrogen and oxygen atoms in total. The van der Waals surface area contributed by atoms with Crippen LogP contribution in [0.3, 0.4) is 0 Å². The smallest absolute Gasteiger partial charge is 0.0357 e. The molecule has 0 aromatic carbocycles. The predicted molar refractivity (Wildman–Crippen MR) is 89.9 cm³/mol. The van der Waals surface area contributed by atoms with Gasteiger partial charge in [0.2, 0.25) is 0 Å². The van der Waals surface area contributed by atoms with Crippen LogP contribution < -0.4 is 5.73 Å². The van der Waals surface area contributed by atoms with Crippen LogP contribution in [-0.2, 0) is 0 Å². The molecule has 1 aliphatic carbocycles. The zero-order valence-electron chi connectivity index (χ0n) is 14.8. The predicted octanol–water partition coefficient (Wildman–Crippen LogP) is 4.29. The summed E-state index contributed by atoms with van der Waals surface area (Å²) in [7, 11) is 0. The summed E-state index contributed by atoms with van der Waals surface area (Å²) < 4.78 is 0. The average molecular weight is 283 g/mol. The third-order valence-electron chi connectivity index (χ3n) is 6.38. The van der Waals surface area contributed by atoms with Gasteiger partial charge >= 0.3 is 0 Å². The van der Waals surface area contributed by atoms with E-state index < -0.39 is 0 Å². The maximum Gasteiger partial charge on any atom is 0.0357 e. The van der Waals surface area contributed by atoms with Gasteiger partial charge in [0.05, 0.1) is 0 Å². The zero-order chi connectivity index (χ0) is 15.3. The van der Waals surface area contributed by atoms with Crippen LogP contribution in [0.25, 0.3) is 0 Å². The Hall–Kier alpha value is -0.0800. The van der Waals surface area contributed by atoms with E-state index in [0.717, 1.165) is 24.9 Å². The van der Waals surface area contributed by atoms with Crippen molar-refractivity contribution < 1.29 is 0 Å². The van der Waals surface area contributed by atoms with Crippen molar-refractivity contribution in [3.63, 3.8) is 0 Å². The minimum Gasteiger partial charge on any atom is -0.326 e. The first-order chi connectivity index (χ1) is 9.46. The summed E-state index contributed by atoms with van der Waals surface area (Å²) in [6, 6.07) is 0.326. The highest BCUT2D eigenvalue weighted by Gasteiger charge is 2.43. The molecule has 0 aromatic rings. The van der Waals surface area contributed by atoms with Crippen molar-refractivity contribution in [1.29, 1.82) is 0 Å². The van der Waals surface area contributed by atoms with Crippen molar-refractivity contribution in [2.45, 2.75) is 85.2 Å². The van der Waals surface area contributed by atoms with Crippen molar-refractivity contribution in [3.8, 4) is 0 Å². The van der Waals surface area contributed by atoms with Crippen molar-refractivity contribution in [2.24, 2.45) is 23.5 Å². The Morgan fingerprint density at radius 3 is 1.95 bits per heavy atom. The highest BCUT2D eigenvalue weighted by atomic mass is 15.2. The van der Waals surface area contributed by atoms with Gasteiger partial charge in [-0.1, -0.05) is 48.0 Å². The summed E-state index contributed by atoms with van der Waals surface area (Å²) in [6.07, 6.45) is 6.36. The largest absolute Gasteiger partial charge is 0.326 e. The summed E-state index contributed by atoms with van der Waals surface area (Å²) in [5.41, 5.74) is 7.07. The number of nitrogens with two attached hydrogens (primary N) is 1. The first kappa shape index (κ1) is 18.0. The van der Waals surface area contributed by atoms with E-state index in [9.17, 15) is 0 Å². The van der Waals surface area contributed by atoms with E-state index in [2.05, 4.69) is 46.4 Å². The molecule has 4 unspecified atom stereocenters. The van der Waals surface area contributed by atoms with Crippen molar-refractivity contribution in [1.82, 2.24) is 4.90 Å². The maximum atomic E-state index is 6.87. The molecule has 1 aliphatic rings. The van der Waals surface area contributed by atoms with Gasteiger partial charge in [0.25, 0.3) is 0 Å². The second kappa shape index (κ2) is 7.79. The lowest BCUT2D eigenvalue weighted by atomic mass is 9.67. The lowest BCUT2D eigenvalue weighted by Gasteiger charge is -2.50. The van der Waals surface area contributed by atoms with Gasteiger partial charge in [-0.05, 0) is 56.5 Å². The van der Waals surface area contributed by atoms with Gasteiger partial charge in [0.1, 0.15) is 0 Å². The Bertz CT molecular complexity index is 269. The molecule has 0 radical (unpaired) electrons. The van der Waals surface area contributed by atoms with Crippen molar-refractivity contribution in [3.05, 3.63) is 0 Å². The van der Waals surface area contributed by atoms with Gasteiger partial charge in [-0.2, -0.15) is 0 Å². The van der Waals surface area contributed by atoms with E-state index >= 15 is 0 Å². The van der Waals surface area contributed by atoms with Gasteiger partial charge in [-0.15, -0.1) is 0 Å². The summed E-state index contributed by atoms with van der Waals surface area (Å²) in [6.45, 7) is 16.3. The molecule has 0 saturated heterocycles. The number of hydrogen-bond acceptors (Lipinski definition) is 2. The molecule has 120 valence electrons. The molecule has 1 rings (SSSR count). The minimum atomic E-state index is 0.203. The third-order valence-corrected chi connectivity index (χ3v) is 6.38. The molecule has 0 amide bonds. The molecule has 4 atom stereocenters. The highest BCUT2D eigenvalue weighted by molar-refractivity contribution is 5.01. The topological polar surface area (TPSA) is 29.3 Å². The van der Waals surface area contributed by atoms with Crippen LogP contribution in [0.4, 0.5) is 0 Å². The Morgan fingerprint density at radius 1 is 1.00 bits per heavy atom. The SMILES string of the molecule is CCN(CC)C(CC)(CC)C(N)C1CCC(C)C(C)C1. The molecule has 0 bridgehead atoms. The fourth-order valence-corrected chi connectivity index (χ4v) is 4.59. The Morgan fingerprint density at radius 2 is 1.55 bits per heavy atom. The lowest BCUT2D eigenvalue weighted by molar-refractivity contribution is 0.0245. The van der Waals surface area contributed by atoms with E-state index in [1.165, 1.54) is 32.1 Å². The Balaban J connectivity index is 2.91. The molecule has 2 heteroatoms. The third kappa shape index (κ3) is 3.39. The van der Waals surface area contributed by atoms with Crippen LogP contribution in [0.5, 0.6) is 0 Å². The maximum absolute atomic E-state index is 6.87. The minimum absolute atomic E-state index is 0.203. The van der Waals surface area contributed by atoms with Gasteiger partial charge < -0.3 is 5.73 Å². The summed E-state index contributed by atoms with van der Waals surface area (Å²) in [5.74, 6) is 2.43. The number of nitrogens with zero attached hydrogens (tertiary/aromatic N) is 1. The molecular weight excluding hydrogens is 244 g/mol. The van der Waals surface area contributed by atoms with Crippen LogP contribution in [0.15, 0.2) is 0 Å². The van der Waals surface area contributed by atoms with E-state index in [1.807, 2.05) is 0 Å². The normalized spacial score (nSPS) is 29.7. The Kier molecular flexibility index (Phi) is 7.00. The first-order valence-electron chi connectivity index (χ1n) is 8.97. The molecule has 1 saturated carbocycles. The quantitative estimate of drug-likeness (QED) is 0.755. The molecule has 0 aromatic heterocycles. The number of likely N-dealkylation sites (N-methyl/N-ethyl adjacent to an activating group) is 1. The van der Waals surface area contributed by atoms with E-state index in [1.54, 1.807) is 0 Å². The number of hydrogen-bond donors (Lipinski definition) is 1. The molecule has 1 fully saturated rings. The van der Waals surface area contributed by atoms with Gasteiger partial charge in [0.15, 0.2) is 0 Å². The van der Waals surface area contributed by atoms with E-state index in [4.69, 9.17) is 5.73 Å². The average Bonchev–Trinajstić information content (AvgIpc) is 2.47.